The van der Waals surface area contributed by atoms with Gasteiger partial charge in [-0.3, -0.25) is 9.69 Å². The number of halogens is 1. The van der Waals surface area contributed by atoms with E-state index in [1.807, 2.05) is 50.2 Å². The van der Waals surface area contributed by atoms with Gasteiger partial charge in [-0.15, -0.1) is 0 Å². The number of ether oxygens (including phenoxy) is 2. The Kier molecular flexibility index (Phi) is 7.82. The Morgan fingerprint density at radius 2 is 1.90 bits per heavy atom. The van der Waals surface area contributed by atoms with Crippen molar-refractivity contribution in [2.45, 2.75) is 42.2 Å². The average Bonchev–Trinajstić information content (AvgIpc) is 2.76. The Morgan fingerprint density at radius 1 is 1.23 bits per heavy atom. The van der Waals surface area contributed by atoms with E-state index >= 15 is 0 Å². The summed E-state index contributed by atoms with van der Waals surface area (Å²) < 4.78 is 11.0. The highest BCUT2D eigenvalue weighted by molar-refractivity contribution is 7.99. The summed E-state index contributed by atoms with van der Waals surface area (Å²) in [6.45, 7) is 8.55. The second kappa shape index (κ2) is 10.2. The highest BCUT2D eigenvalue weighted by atomic mass is 35.5. The van der Waals surface area contributed by atoms with E-state index in [-0.39, 0.29) is 18.5 Å². The normalized spacial score (nSPS) is 16.3. The maximum absolute atomic E-state index is 13.1. The fourth-order valence-electron chi connectivity index (χ4n) is 3.33. The van der Waals surface area contributed by atoms with Crippen LogP contribution in [0.5, 0.6) is 5.75 Å². The van der Waals surface area contributed by atoms with Crippen LogP contribution in [0.1, 0.15) is 31.1 Å². The van der Waals surface area contributed by atoms with Crippen LogP contribution in [0.3, 0.4) is 0 Å². The van der Waals surface area contributed by atoms with Gasteiger partial charge < -0.3 is 14.6 Å². The van der Waals surface area contributed by atoms with Crippen molar-refractivity contribution in [2.24, 2.45) is 0 Å². The molecule has 2 aromatic rings. The third-order valence-corrected chi connectivity index (χ3v) is 6.71. The molecule has 1 N–H and O–H groups in total. The summed E-state index contributed by atoms with van der Waals surface area (Å²) in [6, 6.07) is 13.1. The minimum Gasteiger partial charge on any atom is -0.488 e. The number of morpholine rings is 1. The summed E-state index contributed by atoms with van der Waals surface area (Å²) in [4.78, 5) is 17.2. The molecule has 1 fully saturated rings. The largest absolute Gasteiger partial charge is 0.488 e. The molecule has 1 unspecified atom stereocenters. The number of carbonyl (C=O) groups is 1. The average molecular weight is 450 g/mol. The first-order chi connectivity index (χ1) is 14.3. The molecular formula is C23H28ClNO4S. The van der Waals surface area contributed by atoms with E-state index in [2.05, 4.69) is 4.90 Å². The maximum Gasteiger partial charge on any atom is 0.182 e. The number of nitrogens with zero attached hydrogens (tertiary/aromatic N) is 1. The topological polar surface area (TPSA) is 59.0 Å². The van der Waals surface area contributed by atoms with Gasteiger partial charge in [0.15, 0.2) is 5.78 Å². The smallest absolute Gasteiger partial charge is 0.182 e. The minimum absolute atomic E-state index is 0.0540. The predicted molar refractivity (Wildman–Crippen MR) is 120 cm³/mol. The molecule has 2 aromatic carbocycles. The van der Waals surface area contributed by atoms with Crippen LogP contribution in [0.15, 0.2) is 52.3 Å². The molecule has 0 aliphatic carbocycles. The van der Waals surface area contributed by atoms with Crippen LogP contribution in [0.25, 0.3) is 0 Å². The van der Waals surface area contributed by atoms with Gasteiger partial charge in [-0.1, -0.05) is 35.5 Å². The molecule has 30 heavy (non-hydrogen) atoms. The quantitative estimate of drug-likeness (QED) is 0.597. The van der Waals surface area contributed by atoms with Crippen LogP contribution in [-0.2, 0) is 4.74 Å². The van der Waals surface area contributed by atoms with Crippen LogP contribution in [0.2, 0.25) is 5.02 Å². The van der Waals surface area contributed by atoms with Crippen LogP contribution in [-0.4, -0.2) is 60.3 Å². The molecular weight excluding hydrogens is 422 g/mol. The van der Waals surface area contributed by atoms with Gasteiger partial charge in [-0.05, 0) is 51.1 Å². The monoisotopic (exact) mass is 449 g/mol. The number of rotatable bonds is 8. The lowest BCUT2D eigenvalue weighted by Crippen LogP contribution is -2.54. The predicted octanol–water partition coefficient (Wildman–Crippen LogP) is 4.54. The summed E-state index contributed by atoms with van der Waals surface area (Å²) in [6.07, 6.45) is -0.286. The first kappa shape index (κ1) is 23.1. The van der Waals surface area contributed by atoms with E-state index in [0.717, 1.165) is 22.9 Å². The van der Waals surface area contributed by atoms with Crippen LogP contribution in [0.4, 0.5) is 0 Å². The fourth-order valence-corrected chi connectivity index (χ4v) is 4.43. The van der Waals surface area contributed by atoms with E-state index in [1.165, 1.54) is 11.8 Å². The van der Waals surface area contributed by atoms with E-state index < -0.39 is 5.54 Å². The Morgan fingerprint density at radius 3 is 2.50 bits per heavy atom. The molecule has 3 rings (SSSR count). The van der Waals surface area contributed by atoms with Crippen molar-refractivity contribution >= 4 is 29.1 Å². The van der Waals surface area contributed by atoms with Gasteiger partial charge in [0.25, 0.3) is 0 Å². The lowest BCUT2D eigenvalue weighted by Gasteiger charge is -2.39. The molecule has 1 heterocycles. The number of aliphatic hydroxyl groups excluding tert-OH is 1. The number of aliphatic hydroxyl groups is 1. The molecule has 1 aliphatic heterocycles. The molecule has 0 spiro atoms. The van der Waals surface area contributed by atoms with Gasteiger partial charge >= 0.3 is 0 Å². The molecule has 0 aromatic heterocycles. The molecule has 162 valence electrons. The van der Waals surface area contributed by atoms with Crippen LogP contribution in [0, 0.1) is 0 Å². The molecule has 5 nitrogen and oxygen atoms in total. The molecule has 1 atom stereocenters. The van der Waals surface area contributed by atoms with E-state index in [4.69, 9.17) is 26.2 Å². The molecule has 0 saturated carbocycles. The number of Topliss-reactive ketones (excluding diaryl/α,β-unsaturated/α-hetero) is 1. The van der Waals surface area contributed by atoms with Crippen LogP contribution < -0.4 is 4.74 Å². The number of hydrogen-bond acceptors (Lipinski definition) is 6. The molecule has 0 amide bonds. The zero-order chi connectivity index (χ0) is 21.7. The first-order valence-electron chi connectivity index (χ1n) is 10.0. The van der Waals surface area contributed by atoms with Gasteiger partial charge in [0.1, 0.15) is 11.9 Å². The summed E-state index contributed by atoms with van der Waals surface area (Å²) in [5.41, 5.74) is 0.132. The van der Waals surface area contributed by atoms with Gasteiger partial charge in [0.05, 0.1) is 30.4 Å². The van der Waals surface area contributed by atoms with Crippen molar-refractivity contribution in [1.29, 1.82) is 0 Å². The van der Waals surface area contributed by atoms with Gasteiger partial charge in [0, 0.05) is 28.4 Å². The van der Waals surface area contributed by atoms with Gasteiger partial charge in [-0.25, -0.2) is 0 Å². The Balaban J connectivity index is 1.67. The molecule has 0 radical (unpaired) electrons. The van der Waals surface area contributed by atoms with Gasteiger partial charge in [0.2, 0.25) is 0 Å². The van der Waals surface area contributed by atoms with E-state index in [1.54, 1.807) is 13.0 Å². The van der Waals surface area contributed by atoms with E-state index in [0.29, 0.717) is 29.5 Å². The Labute approximate surface area is 187 Å². The van der Waals surface area contributed by atoms with Crippen molar-refractivity contribution in [3.8, 4) is 5.75 Å². The fraction of sp³-hybridized carbons (Fsp3) is 0.435. The summed E-state index contributed by atoms with van der Waals surface area (Å²) in [5.74, 6) is 0.732. The zero-order valence-electron chi connectivity index (χ0n) is 17.6. The third-order valence-electron chi connectivity index (χ3n) is 5.20. The molecule has 0 bridgehead atoms. The van der Waals surface area contributed by atoms with Crippen molar-refractivity contribution in [3.63, 3.8) is 0 Å². The minimum atomic E-state index is -0.566. The number of benzene rings is 2. The van der Waals surface area contributed by atoms with E-state index in [9.17, 15) is 4.79 Å². The Bertz CT molecular complexity index is 866. The number of carbonyl (C=O) groups excluding carboxylic acids is 1. The SMILES string of the molecule is CC(CO)Oc1ccc(Sc2ccc(C(=O)C(C)(C)N3CCOCC3)cc2)c(Cl)c1. The molecule has 7 heteroatoms. The second-order valence-electron chi connectivity index (χ2n) is 7.82. The van der Waals surface area contributed by atoms with Gasteiger partial charge in [-0.2, -0.15) is 0 Å². The van der Waals surface area contributed by atoms with Crippen molar-refractivity contribution < 1.29 is 19.4 Å². The standard InChI is InChI=1S/C23H28ClNO4S/c1-16(15-26)29-18-6-9-21(20(24)14-18)30-19-7-4-17(5-8-19)22(27)23(2,3)25-10-12-28-13-11-25/h4-9,14,16,26H,10-13,15H2,1-3H3. The first-order valence-corrected chi connectivity index (χ1v) is 11.2. The number of hydrogen-bond donors (Lipinski definition) is 1. The summed E-state index contributed by atoms with van der Waals surface area (Å²) in [7, 11) is 0. The highest BCUT2D eigenvalue weighted by Gasteiger charge is 2.35. The molecule has 1 saturated heterocycles. The van der Waals surface area contributed by atoms with Crippen molar-refractivity contribution in [3.05, 3.63) is 53.1 Å². The third kappa shape index (κ3) is 5.56. The lowest BCUT2D eigenvalue weighted by molar-refractivity contribution is -0.00430. The van der Waals surface area contributed by atoms with Crippen molar-refractivity contribution in [2.75, 3.05) is 32.9 Å². The number of ketones is 1. The Hall–Kier alpha value is -1.57. The summed E-state index contributed by atoms with van der Waals surface area (Å²) in [5, 5.41) is 9.69. The highest BCUT2D eigenvalue weighted by Crippen LogP contribution is 2.36. The zero-order valence-corrected chi connectivity index (χ0v) is 19.1. The maximum atomic E-state index is 13.1. The van der Waals surface area contributed by atoms with Crippen molar-refractivity contribution in [1.82, 2.24) is 4.90 Å². The van der Waals surface area contributed by atoms with Crippen LogP contribution >= 0.6 is 23.4 Å². The second-order valence-corrected chi connectivity index (χ2v) is 9.34. The molecule has 1 aliphatic rings. The lowest BCUT2D eigenvalue weighted by atomic mass is 9.91. The summed E-state index contributed by atoms with van der Waals surface area (Å²) >= 11 is 7.93.